The first-order valence-electron chi connectivity index (χ1n) is 10.2. The molecule has 3 heteroatoms. The molecule has 0 amide bonds. The van der Waals surface area contributed by atoms with Gasteiger partial charge in [0.25, 0.3) is 0 Å². The lowest BCUT2D eigenvalue weighted by Crippen LogP contribution is -2.31. The van der Waals surface area contributed by atoms with E-state index in [1.54, 1.807) is 0 Å². The number of aryl methyl sites for hydroxylation is 3. The Balaban J connectivity index is 1.90. The van der Waals surface area contributed by atoms with E-state index in [-0.39, 0.29) is 5.16 Å². The second kappa shape index (κ2) is 8.33. The molecular formula is C24H34NOP. The molecule has 146 valence electrons. The maximum Gasteiger partial charge on any atom is 0.122 e. The molecule has 1 N–H and O–H groups in total. The fraction of sp³-hybridized carbons (Fsp3) is 0.500. The van der Waals surface area contributed by atoms with Gasteiger partial charge in [-0.3, -0.25) is 4.90 Å². The van der Waals surface area contributed by atoms with Crippen LogP contribution in [0.3, 0.4) is 0 Å². The molecule has 3 rings (SSSR count). The van der Waals surface area contributed by atoms with Crippen molar-refractivity contribution in [3.63, 3.8) is 0 Å². The maximum atomic E-state index is 10.7. The summed E-state index contributed by atoms with van der Waals surface area (Å²) in [6, 6.07) is 11.1. The summed E-state index contributed by atoms with van der Waals surface area (Å²) in [7, 11) is 0.627. The Hall–Kier alpha value is -1.37. The highest BCUT2D eigenvalue weighted by Gasteiger charge is 2.27. The van der Waals surface area contributed by atoms with Gasteiger partial charge in [-0.1, -0.05) is 70.3 Å². The zero-order valence-corrected chi connectivity index (χ0v) is 18.5. The number of benzene rings is 2. The lowest BCUT2D eigenvalue weighted by Gasteiger charge is -2.31. The number of nitrogens with zero attached hydrogens (tertiary/aromatic N) is 1. The molecule has 1 unspecified atom stereocenters. The molecule has 2 aromatic carbocycles. The highest BCUT2D eigenvalue weighted by Crippen LogP contribution is 2.46. The van der Waals surface area contributed by atoms with Crippen molar-refractivity contribution < 1.29 is 5.11 Å². The Bertz CT molecular complexity index is 806. The molecular weight excluding hydrogens is 349 g/mol. The smallest absolute Gasteiger partial charge is 0.122 e. The highest BCUT2D eigenvalue weighted by atomic mass is 31.1. The summed E-state index contributed by atoms with van der Waals surface area (Å²) in [5, 5.41) is 12.1. The molecule has 2 nitrogen and oxygen atoms in total. The Kier molecular flexibility index (Phi) is 6.28. The highest BCUT2D eigenvalue weighted by molar-refractivity contribution is 7.48. The van der Waals surface area contributed by atoms with Gasteiger partial charge in [0.05, 0.1) is 0 Å². The number of phenols is 1. The predicted octanol–water partition coefficient (Wildman–Crippen LogP) is 5.54. The van der Waals surface area contributed by atoms with Gasteiger partial charge in [-0.15, -0.1) is 0 Å². The van der Waals surface area contributed by atoms with Gasteiger partial charge in [-0.2, -0.15) is 0 Å². The van der Waals surface area contributed by atoms with Gasteiger partial charge in [-0.25, -0.2) is 0 Å². The van der Waals surface area contributed by atoms with Crippen LogP contribution in [-0.2, 0) is 11.7 Å². The van der Waals surface area contributed by atoms with Crippen LogP contribution in [0.2, 0.25) is 0 Å². The van der Waals surface area contributed by atoms with Gasteiger partial charge in [0.1, 0.15) is 5.75 Å². The fourth-order valence-corrected chi connectivity index (χ4v) is 5.65. The SMILES string of the molecule is Cc1ccc(PC(C)(C)c2cc(C)cc(C)c2O)c(CN2CCCCC2)c1. The number of hydrogen-bond acceptors (Lipinski definition) is 2. The van der Waals surface area contributed by atoms with E-state index in [0.29, 0.717) is 14.3 Å². The number of aromatic hydroxyl groups is 1. The molecule has 0 spiro atoms. The number of hydrogen-bond donors (Lipinski definition) is 1. The van der Waals surface area contributed by atoms with E-state index in [4.69, 9.17) is 0 Å². The van der Waals surface area contributed by atoms with Crippen LogP contribution in [0.15, 0.2) is 30.3 Å². The molecule has 27 heavy (non-hydrogen) atoms. The van der Waals surface area contributed by atoms with Gasteiger partial charge in [0.15, 0.2) is 0 Å². The fourth-order valence-electron chi connectivity index (χ4n) is 4.17. The quantitative estimate of drug-likeness (QED) is 0.685. The van der Waals surface area contributed by atoms with Gasteiger partial charge in [0.2, 0.25) is 0 Å². The molecule has 0 radical (unpaired) electrons. The first-order valence-corrected chi connectivity index (χ1v) is 11.2. The first-order chi connectivity index (χ1) is 12.8. The second-order valence-corrected chi connectivity index (χ2v) is 10.8. The third kappa shape index (κ3) is 4.92. The number of rotatable bonds is 5. The van der Waals surface area contributed by atoms with Crippen LogP contribution in [0.25, 0.3) is 0 Å². The van der Waals surface area contributed by atoms with E-state index in [1.807, 2.05) is 6.92 Å². The Labute approximate surface area is 166 Å². The van der Waals surface area contributed by atoms with Crippen LogP contribution >= 0.6 is 8.58 Å². The summed E-state index contributed by atoms with van der Waals surface area (Å²) in [5.41, 5.74) is 6.06. The monoisotopic (exact) mass is 383 g/mol. The number of piperidine rings is 1. The van der Waals surface area contributed by atoms with Crippen LogP contribution < -0.4 is 5.30 Å². The lowest BCUT2D eigenvalue weighted by molar-refractivity contribution is 0.221. The summed E-state index contributed by atoms with van der Waals surface area (Å²) in [6.07, 6.45) is 4.02. The molecule has 0 aliphatic carbocycles. The summed E-state index contributed by atoms with van der Waals surface area (Å²) in [5.74, 6) is 0.461. The van der Waals surface area contributed by atoms with E-state index in [9.17, 15) is 5.11 Å². The minimum atomic E-state index is -0.0905. The third-order valence-corrected chi connectivity index (χ3v) is 7.32. The van der Waals surface area contributed by atoms with Crippen molar-refractivity contribution in [2.45, 2.75) is 65.6 Å². The summed E-state index contributed by atoms with van der Waals surface area (Å²) >= 11 is 0. The second-order valence-electron chi connectivity index (χ2n) is 8.73. The van der Waals surface area contributed by atoms with Crippen LogP contribution in [0.1, 0.15) is 60.9 Å². The topological polar surface area (TPSA) is 23.5 Å². The minimum absolute atomic E-state index is 0.0905. The summed E-state index contributed by atoms with van der Waals surface area (Å²) < 4.78 is 0. The van der Waals surface area contributed by atoms with Crippen LogP contribution in [0.5, 0.6) is 5.75 Å². The molecule has 1 atom stereocenters. The van der Waals surface area contributed by atoms with Crippen LogP contribution in [0, 0.1) is 20.8 Å². The van der Waals surface area contributed by atoms with Crippen molar-refractivity contribution in [2.24, 2.45) is 0 Å². The Morgan fingerprint density at radius 1 is 0.963 bits per heavy atom. The lowest BCUT2D eigenvalue weighted by atomic mass is 9.96. The zero-order chi connectivity index (χ0) is 19.6. The maximum absolute atomic E-state index is 10.7. The standard InChI is InChI=1S/C24H34NOP/c1-17-9-10-22(20(14-17)16-25-11-7-6-8-12-25)27-24(4,5)21-15-18(2)13-19(3)23(21)26/h9-10,13-15,26-27H,6-8,11-12,16H2,1-5H3. The Morgan fingerprint density at radius 2 is 1.67 bits per heavy atom. The molecule has 2 aromatic rings. The summed E-state index contributed by atoms with van der Waals surface area (Å²) in [4.78, 5) is 2.60. The molecule has 1 aliphatic heterocycles. The molecule has 0 saturated carbocycles. The van der Waals surface area contributed by atoms with Crippen molar-refractivity contribution in [1.29, 1.82) is 0 Å². The minimum Gasteiger partial charge on any atom is -0.507 e. The number of likely N-dealkylation sites (tertiary alicyclic amines) is 1. The average Bonchev–Trinajstić information content (AvgIpc) is 2.61. The van der Waals surface area contributed by atoms with Gasteiger partial charge in [0, 0.05) is 17.3 Å². The van der Waals surface area contributed by atoms with Gasteiger partial charge < -0.3 is 5.11 Å². The average molecular weight is 384 g/mol. The van der Waals surface area contributed by atoms with E-state index >= 15 is 0 Å². The molecule has 0 aromatic heterocycles. The van der Waals surface area contributed by atoms with E-state index in [0.717, 1.165) is 17.7 Å². The predicted molar refractivity (Wildman–Crippen MR) is 119 cm³/mol. The normalized spacial score (nSPS) is 16.3. The first kappa shape index (κ1) is 20.4. The van der Waals surface area contributed by atoms with E-state index < -0.39 is 0 Å². The third-order valence-electron chi connectivity index (χ3n) is 5.67. The van der Waals surface area contributed by atoms with Crippen molar-refractivity contribution in [2.75, 3.05) is 13.1 Å². The van der Waals surface area contributed by atoms with Crippen molar-refractivity contribution in [3.8, 4) is 5.75 Å². The zero-order valence-electron chi connectivity index (χ0n) is 17.5. The van der Waals surface area contributed by atoms with Gasteiger partial charge in [-0.05, 0) is 63.1 Å². The molecule has 1 fully saturated rings. The molecule has 1 heterocycles. The molecule has 0 bridgehead atoms. The van der Waals surface area contributed by atoms with Crippen LogP contribution in [0.4, 0.5) is 0 Å². The Morgan fingerprint density at radius 3 is 2.37 bits per heavy atom. The van der Waals surface area contributed by atoms with Crippen molar-refractivity contribution in [1.82, 2.24) is 4.90 Å². The largest absolute Gasteiger partial charge is 0.507 e. The van der Waals surface area contributed by atoms with Crippen molar-refractivity contribution >= 4 is 13.9 Å². The van der Waals surface area contributed by atoms with Crippen molar-refractivity contribution in [3.05, 3.63) is 58.1 Å². The number of phenolic OH excluding ortho intramolecular Hbond substituents is 1. The van der Waals surface area contributed by atoms with E-state index in [1.165, 1.54) is 54.3 Å². The molecule has 1 saturated heterocycles. The van der Waals surface area contributed by atoms with E-state index in [2.05, 4.69) is 62.9 Å². The van der Waals surface area contributed by atoms with Crippen LogP contribution in [-0.4, -0.2) is 23.1 Å². The van der Waals surface area contributed by atoms with Gasteiger partial charge >= 0.3 is 0 Å². The summed E-state index contributed by atoms with van der Waals surface area (Å²) in [6.45, 7) is 14.3. The molecule has 1 aliphatic rings.